The summed E-state index contributed by atoms with van der Waals surface area (Å²) >= 11 is 0. The first-order chi connectivity index (χ1) is 9.90. The maximum absolute atomic E-state index is 12.1. The van der Waals surface area contributed by atoms with Crippen LogP contribution in [-0.2, 0) is 0 Å². The summed E-state index contributed by atoms with van der Waals surface area (Å²) in [7, 11) is 0. The Kier molecular flexibility index (Phi) is 3.86. The first-order valence-corrected chi connectivity index (χ1v) is 7.44. The minimum atomic E-state index is -4.68. The fraction of sp³-hybridized carbons (Fsp3) is 0.625. The van der Waals surface area contributed by atoms with Crippen LogP contribution < -0.4 is 4.74 Å². The van der Waals surface area contributed by atoms with E-state index in [1.165, 1.54) is 49.9 Å². The van der Waals surface area contributed by atoms with Crippen molar-refractivity contribution >= 4 is 0 Å². The number of rotatable bonds is 4. The Morgan fingerprint density at radius 2 is 1.86 bits per heavy atom. The average Bonchev–Trinajstić information content (AvgIpc) is 3.00. The predicted octanol–water partition coefficient (Wildman–Crippen LogP) is 4.44. The van der Waals surface area contributed by atoms with E-state index < -0.39 is 12.5 Å². The van der Waals surface area contributed by atoms with Crippen molar-refractivity contribution in [3.8, 4) is 5.75 Å². The van der Waals surface area contributed by atoms with E-state index in [2.05, 4.69) is 4.74 Å². The van der Waals surface area contributed by atoms with Gasteiger partial charge in [-0.05, 0) is 61.1 Å². The Bertz CT molecular complexity index is 483. The number of halogens is 3. The van der Waals surface area contributed by atoms with Gasteiger partial charge in [-0.15, -0.1) is 13.2 Å². The molecule has 0 amide bonds. The first-order valence-electron chi connectivity index (χ1n) is 7.44. The summed E-state index contributed by atoms with van der Waals surface area (Å²) < 4.78 is 40.1. The van der Waals surface area contributed by atoms with Gasteiger partial charge in [-0.25, -0.2) is 0 Å². The summed E-state index contributed by atoms with van der Waals surface area (Å²) in [5, 5.41) is 10.3. The van der Waals surface area contributed by atoms with Gasteiger partial charge in [0.1, 0.15) is 5.75 Å². The van der Waals surface area contributed by atoms with Crippen molar-refractivity contribution in [2.45, 2.75) is 44.6 Å². The zero-order valence-corrected chi connectivity index (χ0v) is 11.6. The van der Waals surface area contributed by atoms with Crippen LogP contribution in [0.2, 0.25) is 0 Å². The third kappa shape index (κ3) is 3.51. The van der Waals surface area contributed by atoms with Crippen LogP contribution in [0.25, 0.3) is 0 Å². The number of benzene rings is 1. The van der Waals surface area contributed by atoms with Gasteiger partial charge in [0.05, 0.1) is 6.10 Å². The van der Waals surface area contributed by atoms with Crippen molar-refractivity contribution in [1.29, 1.82) is 0 Å². The molecule has 1 aromatic rings. The monoisotopic (exact) mass is 300 g/mol. The summed E-state index contributed by atoms with van der Waals surface area (Å²) in [5.74, 6) is 1.87. The molecule has 2 bridgehead atoms. The van der Waals surface area contributed by atoms with Crippen LogP contribution in [0.5, 0.6) is 5.75 Å². The Morgan fingerprint density at radius 1 is 1.14 bits per heavy atom. The van der Waals surface area contributed by atoms with Crippen LogP contribution in [0, 0.1) is 17.8 Å². The summed E-state index contributed by atoms with van der Waals surface area (Å²) in [6, 6.07) is 5.54. The molecule has 2 aliphatic rings. The van der Waals surface area contributed by atoms with Crippen LogP contribution in [0.3, 0.4) is 0 Å². The Hall–Kier alpha value is -1.23. The molecule has 1 N–H and O–H groups in total. The Balaban J connectivity index is 1.58. The highest BCUT2D eigenvalue weighted by atomic mass is 19.4. The van der Waals surface area contributed by atoms with Crippen molar-refractivity contribution in [3.63, 3.8) is 0 Å². The zero-order chi connectivity index (χ0) is 15.0. The number of aliphatic hydroxyl groups is 1. The van der Waals surface area contributed by atoms with Gasteiger partial charge in [0.25, 0.3) is 0 Å². The number of aliphatic hydroxyl groups excluding tert-OH is 1. The third-order valence-corrected chi connectivity index (χ3v) is 4.91. The van der Waals surface area contributed by atoms with E-state index in [4.69, 9.17) is 0 Å². The minimum Gasteiger partial charge on any atom is -0.406 e. The molecule has 2 nitrogen and oxygen atoms in total. The second-order valence-corrected chi connectivity index (χ2v) is 6.30. The Labute approximate surface area is 121 Å². The lowest BCUT2D eigenvalue weighted by Gasteiger charge is -2.24. The van der Waals surface area contributed by atoms with Gasteiger partial charge < -0.3 is 9.84 Å². The maximum atomic E-state index is 12.1. The van der Waals surface area contributed by atoms with E-state index in [1.54, 1.807) is 0 Å². The van der Waals surface area contributed by atoms with E-state index >= 15 is 0 Å². The molecule has 2 fully saturated rings. The molecule has 1 aromatic carbocycles. The molecule has 0 spiro atoms. The molecule has 3 rings (SSSR count). The fourth-order valence-corrected chi connectivity index (χ4v) is 3.98. The first kappa shape index (κ1) is 14.7. The Morgan fingerprint density at radius 3 is 2.38 bits per heavy atom. The van der Waals surface area contributed by atoms with E-state index in [0.717, 1.165) is 11.8 Å². The second kappa shape index (κ2) is 5.52. The molecule has 0 aliphatic heterocycles. The van der Waals surface area contributed by atoms with Crippen LogP contribution in [0.1, 0.15) is 43.8 Å². The van der Waals surface area contributed by atoms with Gasteiger partial charge in [-0.3, -0.25) is 0 Å². The van der Waals surface area contributed by atoms with Gasteiger partial charge in [-0.1, -0.05) is 18.6 Å². The molecule has 21 heavy (non-hydrogen) atoms. The molecule has 5 heteroatoms. The molecular formula is C16H19F3O2. The number of fused-ring (bicyclic) bond motifs is 2. The third-order valence-electron chi connectivity index (χ3n) is 4.91. The van der Waals surface area contributed by atoms with Gasteiger partial charge in [0.2, 0.25) is 0 Å². The van der Waals surface area contributed by atoms with Crippen LogP contribution in [0.15, 0.2) is 24.3 Å². The van der Waals surface area contributed by atoms with Crippen molar-refractivity contribution in [3.05, 3.63) is 29.8 Å². The summed E-state index contributed by atoms with van der Waals surface area (Å²) in [6.45, 7) is 0. The second-order valence-electron chi connectivity index (χ2n) is 6.30. The molecule has 0 aromatic heterocycles. The van der Waals surface area contributed by atoms with Gasteiger partial charge in [-0.2, -0.15) is 0 Å². The number of hydrogen-bond acceptors (Lipinski definition) is 2. The van der Waals surface area contributed by atoms with E-state index in [0.29, 0.717) is 17.9 Å². The molecule has 2 aliphatic carbocycles. The topological polar surface area (TPSA) is 29.5 Å². The van der Waals surface area contributed by atoms with Crippen molar-refractivity contribution < 1.29 is 23.0 Å². The number of alkyl halides is 3. The van der Waals surface area contributed by atoms with Crippen LogP contribution in [-0.4, -0.2) is 11.5 Å². The molecular weight excluding hydrogens is 281 g/mol. The molecule has 4 atom stereocenters. The molecule has 0 heterocycles. The average molecular weight is 300 g/mol. The minimum absolute atomic E-state index is 0.252. The van der Waals surface area contributed by atoms with E-state index in [9.17, 15) is 18.3 Å². The lowest BCUT2D eigenvalue weighted by molar-refractivity contribution is -0.274. The van der Waals surface area contributed by atoms with Gasteiger partial charge >= 0.3 is 6.36 Å². The van der Waals surface area contributed by atoms with Crippen LogP contribution >= 0.6 is 0 Å². The molecule has 2 saturated carbocycles. The molecule has 0 radical (unpaired) electrons. The quantitative estimate of drug-likeness (QED) is 0.890. The highest BCUT2D eigenvalue weighted by Crippen LogP contribution is 2.50. The van der Waals surface area contributed by atoms with E-state index in [-0.39, 0.29) is 5.75 Å². The van der Waals surface area contributed by atoms with Gasteiger partial charge in [0, 0.05) is 0 Å². The van der Waals surface area contributed by atoms with Crippen molar-refractivity contribution in [2.24, 2.45) is 17.8 Å². The highest BCUT2D eigenvalue weighted by molar-refractivity contribution is 5.28. The summed E-state index contributed by atoms with van der Waals surface area (Å²) in [6.07, 6.45) is 0.492. The van der Waals surface area contributed by atoms with E-state index in [1.807, 2.05) is 0 Å². The standard InChI is InChI=1S/C16H19F3O2/c17-16(18,19)21-14-5-3-11(4-6-14)15(20)9-13-8-10-1-2-12(13)7-10/h3-6,10,12-13,15,20H,1-2,7-9H2. The molecule has 116 valence electrons. The number of hydrogen-bond donors (Lipinski definition) is 1. The van der Waals surface area contributed by atoms with Crippen molar-refractivity contribution in [2.75, 3.05) is 0 Å². The lowest BCUT2D eigenvalue weighted by Crippen LogP contribution is -2.17. The van der Waals surface area contributed by atoms with Crippen LogP contribution in [0.4, 0.5) is 13.2 Å². The SMILES string of the molecule is OC(CC1CC2CCC1C2)c1ccc(OC(F)(F)F)cc1. The number of ether oxygens (including phenoxy) is 1. The lowest BCUT2D eigenvalue weighted by atomic mass is 9.83. The normalized spacial score (nSPS) is 29.6. The molecule has 0 saturated heterocycles. The highest BCUT2D eigenvalue weighted by Gasteiger charge is 2.40. The van der Waals surface area contributed by atoms with Crippen molar-refractivity contribution in [1.82, 2.24) is 0 Å². The summed E-state index contributed by atoms with van der Waals surface area (Å²) in [4.78, 5) is 0. The largest absolute Gasteiger partial charge is 0.573 e. The smallest absolute Gasteiger partial charge is 0.406 e. The zero-order valence-electron chi connectivity index (χ0n) is 11.6. The van der Waals surface area contributed by atoms with Gasteiger partial charge in [0.15, 0.2) is 0 Å². The maximum Gasteiger partial charge on any atom is 0.573 e. The predicted molar refractivity (Wildman–Crippen MR) is 71.6 cm³/mol. The molecule has 4 unspecified atom stereocenters. The summed E-state index contributed by atoms with van der Waals surface area (Å²) in [5.41, 5.74) is 0.660. The fourth-order valence-electron chi connectivity index (χ4n) is 3.98.